The minimum Gasteiger partial charge on any atom is -0.356 e. The summed E-state index contributed by atoms with van der Waals surface area (Å²) < 4.78 is 26.7. The van der Waals surface area contributed by atoms with Gasteiger partial charge in [-0.15, -0.1) is 24.0 Å². The number of nitrogens with zero attached hydrogens (tertiary/aromatic N) is 1. The van der Waals surface area contributed by atoms with Gasteiger partial charge in [0.2, 0.25) is 0 Å². The van der Waals surface area contributed by atoms with Crippen LogP contribution in [0.1, 0.15) is 16.7 Å². The van der Waals surface area contributed by atoms with Gasteiger partial charge in [0.1, 0.15) is 11.6 Å². The van der Waals surface area contributed by atoms with Crippen LogP contribution in [0.25, 0.3) is 0 Å². The number of halogens is 3. The summed E-state index contributed by atoms with van der Waals surface area (Å²) in [6, 6.07) is 11.7. The lowest BCUT2D eigenvalue weighted by Crippen LogP contribution is -2.37. The van der Waals surface area contributed by atoms with Gasteiger partial charge >= 0.3 is 0 Å². The van der Waals surface area contributed by atoms with E-state index in [-0.39, 0.29) is 24.0 Å². The normalized spacial score (nSPS) is 10.9. The molecule has 0 aromatic heterocycles. The molecule has 0 atom stereocenters. The van der Waals surface area contributed by atoms with Crippen LogP contribution in [-0.4, -0.2) is 19.6 Å². The van der Waals surface area contributed by atoms with Gasteiger partial charge < -0.3 is 10.6 Å². The number of aryl methyl sites for hydroxylation is 1. The number of nitrogens with one attached hydrogen (secondary N) is 2. The summed E-state index contributed by atoms with van der Waals surface area (Å²) in [6.07, 6.45) is 0.384. The van der Waals surface area contributed by atoms with Gasteiger partial charge in [-0.2, -0.15) is 0 Å². The van der Waals surface area contributed by atoms with Crippen molar-refractivity contribution in [1.29, 1.82) is 0 Å². The summed E-state index contributed by atoms with van der Waals surface area (Å²) in [5.74, 6) is -0.192. The molecule has 24 heavy (non-hydrogen) atoms. The smallest absolute Gasteiger partial charge is 0.191 e. The summed E-state index contributed by atoms with van der Waals surface area (Å²) in [4.78, 5) is 4.12. The van der Waals surface area contributed by atoms with Gasteiger partial charge in [0.05, 0.1) is 0 Å². The second kappa shape index (κ2) is 10.2. The quantitative estimate of drug-likeness (QED) is 0.418. The van der Waals surface area contributed by atoms with E-state index < -0.39 is 11.6 Å². The Hall–Kier alpha value is -1.70. The van der Waals surface area contributed by atoms with Crippen molar-refractivity contribution in [1.82, 2.24) is 10.6 Å². The summed E-state index contributed by atoms with van der Waals surface area (Å²) in [7, 11) is 1.67. The molecular formula is C18H22F2IN3. The Morgan fingerprint density at radius 3 is 2.58 bits per heavy atom. The van der Waals surface area contributed by atoms with E-state index in [4.69, 9.17) is 0 Å². The summed E-state index contributed by atoms with van der Waals surface area (Å²) in [6.45, 7) is 3.16. The summed E-state index contributed by atoms with van der Waals surface area (Å²) >= 11 is 0. The van der Waals surface area contributed by atoms with Gasteiger partial charge in [0.25, 0.3) is 0 Å². The van der Waals surface area contributed by atoms with Crippen LogP contribution in [-0.2, 0) is 13.0 Å². The van der Waals surface area contributed by atoms with Gasteiger partial charge in [0.15, 0.2) is 5.96 Å². The molecule has 2 aromatic carbocycles. The van der Waals surface area contributed by atoms with Crippen molar-refractivity contribution in [3.8, 4) is 0 Å². The molecule has 0 spiro atoms. The summed E-state index contributed by atoms with van der Waals surface area (Å²) in [5, 5.41) is 6.30. The van der Waals surface area contributed by atoms with Crippen molar-refractivity contribution in [2.75, 3.05) is 13.6 Å². The second-order valence-corrected chi connectivity index (χ2v) is 5.33. The average Bonchev–Trinajstić information content (AvgIpc) is 2.54. The van der Waals surface area contributed by atoms with Crippen LogP contribution in [0, 0.1) is 18.6 Å². The molecule has 130 valence electrons. The molecule has 0 amide bonds. The van der Waals surface area contributed by atoms with Gasteiger partial charge in [-0.3, -0.25) is 4.99 Å². The Bertz CT molecular complexity index is 690. The molecule has 2 rings (SSSR count). The van der Waals surface area contributed by atoms with Crippen LogP contribution in [0.4, 0.5) is 8.78 Å². The Morgan fingerprint density at radius 1 is 1.08 bits per heavy atom. The van der Waals surface area contributed by atoms with Crippen molar-refractivity contribution in [2.45, 2.75) is 19.9 Å². The third-order valence-electron chi connectivity index (χ3n) is 3.46. The minimum atomic E-state index is -0.427. The largest absolute Gasteiger partial charge is 0.356 e. The zero-order valence-corrected chi connectivity index (χ0v) is 16.1. The molecule has 2 aromatic rings. The molecule has 0 unspecified atom stereocenters. The topological polar surface area (TPSA) is 36.4 Å². The Balaban J connectivity index is 0.00000288. The Morgan fingerprint density at radius 2 is 1.88 bits per heavy atom. The van der Waals surface area contributed by atoms with Crippen LogP contribution < -0.4 is 10.6 Å². The van der Waals surface area contributed by atoms with E-state index >= 15 is 0 Å². The predicted molar refractivity (Wildman–Crippen MR) is 105 cm³/mol. The summed E-state index contributed by atoms with van der Waals surface area (Å²) in [5.41, 5.74) is 2.71. The predicted octanol–water partition coefficient (Wildman–Crippen LogP) is 3.80. The molecule has 0 heterocycles. The minimum absolute atomic E-state index is 0. The number of benzene rings is 2. The fourth-order valence-electron chi connectivity index (χ4n) is 2.28. The molecule has 0 aliphatic heterocycles. The van der Waals surface area contributed by atoms with Crippen LogP contribution in [0.3, 0.4) is 0 Å². The number of hydrogen-bond donors (Lipinski definition) is 2. The second-order valence-electron chi connectivity index (χ2n) is 5.33. The molecule has 0 saturated carbocycles. The Labute approximate surface area is 158 Å². The molecule has 3 nitrogen and oxygen atoms in total. The maximum absolute atomic E-state index is 13.5. The molecule has 0 saturated heterocycles. The van der Waals surface area contributed by atoms with E-state index in [9.17, 15) is 8.78 Å². The van der Waals surface area contributed by atoms with Crippen LogP contribution >= 0.6 is 24.0 Å². The van der Waals surface area contributed by atoms with E-state index in [1.54, 1.807) is 7.05 Å². The van der Waals surface area contributed by atoms with Crippen molar-refractivity contribution in [3.63, 3.8) is 0 Å². The third-order valence-corrected chi connectivity index (χ3v) is 3.46. The van der Waals surface area contributed by atoms with E-state index in [1.165, 1.54) is 11.6 Å². The van der Waals surface area contributed by atoms with Crippen LogP contribution in [0.15, 0.2) is 47.5 Å². The van der Waals surface area contributed by atoms with Crippen LogP contribution in [0.2, 0.25) is 0 Å². The van der Waals surface area contributed by atoms with Gasteiger partial charge in [-0.05, 0) is 42.7 Å². The maximum atomic E-state index is 13.5. The number of rotatable bonds is 5. The highest BCUT2D eigenvalue weighted by molar-refractivity contribution is 14.0. The zero-order valence-electron chi connectivity index (χ0n) is 13.8. The molecule has 0 aliphatic carbocycles. The lowest BCUT2D eigenvalue weighted by molar-refractivity contribution is 0.583. The first-order valence-corrected chi connectivity index (χ1v) is 7.52. The van der Waals surface area contributed by atoms with Gasteiger partial charge in [-0.1, -0.05) is 29.8 Å². The average molecular weight is 445 g/mol. The SMILES string of the molecule is CN=C(NCCc1cc(F)ccc1F)NCc1cccc(C)c1.I. The molecule has 6 heteroatoms. The molecule has 0 bridgehead atoms. The third kappa shape index (κ3) is 6.43. The fraction of sp³-hybridized carbons (Fsp3) is 0.278. The number of aliphatic imine (C=N–C) groups is 1. The highest BCUT2D eigenvalue weighted by atomic mass is 127. The first kappa shape index (κ1) is 20.3. The van der Waals surface area contributed by atoms with E-state index in [1.807, 2.05) is 25.1 Å². The zero-order chi connectivity index (χ0) is 16.7. The van der Waals surface area contributed by atoms with Crippen molar-refractivity contribution in [2.24, 2.45) is 4.99 Å². The van der Waals surface area contributed by atoms with E-state index in [0.717, 1.165) is 17.7 Å². The van der Waals surface area contributed by atoms with Gasteiger partial charge in [-0.25, -0.2) is 8.78 Å². The molecule has 0 fully saturated rings. The lowest BCUT2D eigenvalue weighted by atomic mass is 10.1. The van der Waals surface area contributed by atoms with E-state index in [2.05, 4.69) is 21.7 Å². The lowest BCUT2D eigenvalue weighted by Gasteiger charge is -2.12. The number of guanidine groups is 1. The fourth-order valence-corrected chi connectivity index (χ4v) is 2.28. The standard InChI is InChI=1S/C18H21F2N3.HI/c1-13-4-3-5-14(10-13)12-23-18(21-2)22-9-8-15-11-16(19)6-7-17(15)20;/h3-7,10-11H,8-9,12H2,1-2H3,(H2,21,22,23);1H. The first-order valence-electron chi connectivity index (χ1n) is 7.52. The van der Waals surface area contributed by atoms with Crippen LogP contribution in [0.5, 0.6) is 0 Å². The van der Waals surface area contributed by atoms with Crippen molar-refractivity contribution < 1.29 is 8.78 Å². The highest BCUT2D eigenvalue weighted by Crippen LogP contribution is 2.09. The van der Waals surface area contributed by atoms with E-state index in [0.29, 0.717) is 31.0 Å². The molecule has 2 N–H and O–H groups in total. The monoisotopic (exact) mass is 445 g/mol. The van der Waals surface area contributed by atoms with Gasteiger partial charge in [0, 0.05) is 20.1 Å². The number of hydrogen-bond acceptors (Lipinski definition) is 1. The molecule has 0 radical (unpaired) electrons. The Kier molecular flexibility index (Phi) is 8.67. The van der Waals surface area contributed by atoms with Crippen molar-refractivity contribution in [3.05, 3.63) is 70.8 Å². The highest BCUT2D eigenvalue weighted by Gasteiger charge is 2.04. The molecule has 0 aliphatic rings. The molecular weight excluding hydrogens is 423 g/mol. The first-order chi connectivity index (χ1) is 11.1. The maximum Gasteiger partial charge on any atom is 0.191 e. The van der Waals surface area contributed by atoms with Crippen molar-refractivity contribution >= 4 is 29.9 Å².